The van der Waals surface area contributed by atoms with Crippen molar-refractivity contribution in [1.82, 2.24) is 0 Å². The second kappa shape index (κ2) is 3.76. The molecule has 0 unspecified atom stereocenters. The molecule has 1 aromatic carbocycles. The molecule has 0 fully saturated rings. The molecule has 0 heterocycles. The number of halogens is 3. The molecule has 0 saturated heterocycles. The van der Waals surface area contributed by atoms with Crippen molar-refractivity contribution >= 4 is 5.69 Å². The van der Waals surface area contributed by atoms with Gasteiger partial charge in [-0.1, -0.05) is 6.07 Å². The molecule has 0 atom stereocenters. The zero-order chi connectivity index (χ0) is 11.7. The Hall–Kier alpha value is -1.19. The van der Waals surface area contributed by atoms with Crippen LogP contribution < -0.4 is 5.32 Å². The van der Waals surface area contributed by atoms with E-state index < -0.39 is 11.7 Å². The van der Waals surface area contributed by atoms with Gasteiger partial charge in [0.1, 0.15) is 0 Å². The first-order chi connectivity index (χ1) is 6.68. The summed E-state index contributed by atoms with van der Waals surface area (Å²) in [7, 11) is 0. The van der Waals surface area contributed by atoms with Gasteiger partial charge in [-0.15, -0.1) is 0 Å². The van der Waals surface area contributed by atoms with Crippen LogP contribution in [0.3, 0.4) is 0 Å². The highest BCUT2D eigenvalue weighted by atomic mass is 19.4. The maximum atomic E-state index is 12.4. The van der Waals surface area contributed by atoms with Gasteiger partial charge in [-0.3, -0.25) is 0 Å². The van der Waals surface area contributed by atoms with Gasteiger partial charge in [-0.2, -0.15) is 13.2 Å². The van der Waals surface area contributed by atoms with Gasteiger partial charge in [0.25, 0.3) is 0 Å². The molecule has 1 rings (SSSR count). The standard InChI is InChI=1S/C11H14F3N/c1-10(2,3)15-9-6-4-5-8(7-9)11(12,13)14/h4-7,15H,1-3H3. The zero-order valence-electron chi connectivity index (χ0n) is 8.94. The molecule has 84 valence electrons. The van der Waals surface area contributed by atoms with Gasteiger partial charge in [-0.25, -0.2) is 0 Å². The third kappa shape index (κ3) is 3.81. The Morgan fingerprint density at radius 2 is 1.67 bits per heavy atom. The van der Waals surface area contributed by atoms with E-state index in [1.165, 1.54) is 6.07 Å². The van der Waals surface area contributed by atoms with Gasteiger partial charge >= 0.3 is 6.18 Å². The summed E-state index contributed by atoms with van der Waals surface area (Å²) in [4.78, 5) is 0. The fourth-order valence-electron chi connectivity index (χ4n) is 1.21. The maximum Gasteiger partial charge on any atom is 0.416 e. The molecule has 0 aromatic heterocycles. The van der Waals surface area contributed by atoms with Crippen molar-refractivity contribution in [2.45, 2.75) is 32.5 Å². The predicted molar refractivity (Wildman–Crippen MR) is 54.8 cm³/mol. The molecule has 0 aliphatic heterocycles. The summed E-state index contributed by atoms with van der Waals surface area (Å²) in [5.41, 5.74) is -0.390. The molecule has 4 heteroatoms. The third-order valence-corrected chi connectivity index (χ3v) is 1.71. The lowest BCUT2D eigenvalue weighted by Gasteiger charge is -2.22. The van der Waals surface area contributed by atoms with E-state index in [1.807, 2.05) is 20.8 Å². The smallest absolute Gasteiger partial charge is 0.380 e. The molecule has 0 aliphatic carbocycles. The van der Waals surface area contributed by atoms with Crippen molar-refractivity contribution < 1.29 is 13.2 Å². The van der Waals surface area contributed by atoms with Crippen LogP contribution in [-0.2, 0) is 6.18 Å². The summed E-state index contributed by atoms with van der Waals surface area (Å²) < 4.78 is 37.1. The SMILES string of the molecule is CC(C)(C)Nc1cccc(C(F)(F)F)c1. The lowest BCUT2D eigenvalue weighted by Crippen LogP contribution is -2.26. The Kier molecular flexibility index (Phi) is 2.98. The molecule has 0 spiro atoms. The van der Waals surface area contributed by atoms with Gasteiger partial charge < -0.3 is 5.32 Å². The molecule has 0 radical (unpaired) electrons. The Balaban J connectivity index is 2.94. The molecule has 1 nitrogen and oxygen atoms in total. The van der Waals surface area contributed by atoms with Crippen molar-refractivity contribution in [2.24, 2.45) is 0 Å². The first-order valence-electron chi connectivity index (χ1n) is 4.64. The lowest BCUT2D eigenvalue weighted by molar-refractivity contribution is -0.137. The van der Waals surface area contributed by atoms with Gasteiger partial charge in [0.05, 0.1) is 5.56 Å². The van der Waals surface area contributed by atoms with Crippen LogP contribution in [0.5, 0.6) is 0 Å². The van der Waals surface area contributed by atoms with Gasteiger partial charge in [0.2, 0.25) is 0 Å². The number of benzene rings is 1. The van der Waals surface area contributed by atoms with Gasteiger partial charge in [0.15, 0.2) is 0 Å². The molecular formula is C11H14F3N. The summed E-state index contributed by atoms with van der Waals surface area (Å²) in [6.07, 6.45) is -4.28. The number of hydrogen-bond acceptors (Lipinski definition) is 1. The van der Waals surface area contributed by atoms with Gasteiger partial charge in [-0.05, 0) is 39.0 Å². The van der Waals surface area contributed by atoms with Crippen LogP contribution in [0.1, 0.15) is 26.3 Å². The molecule has 1 N–H and O–H groups in total. The van der Waals surface area contributed by atoms with E-state index in [-0.39, 0.29) is 5.54 Å². The van der Waals surface area contributed by atoms with Crippen LogP contribution in [0, 0.1) is 0 Å². The fourth-order valence-corrected chi connectivity index (χ4v) is 1.21. The third-order valence-electron chi connectivity index (χ3n) is 1.71. The first-order valence-corrected chi connectivity index (χ1v) is 4.64. The van der Waals surface area contributed by atoms with E-state index >= 15 is 0 Å². The van der Waals surface area contributed by atoms with Crippen molar-refractivity contribution in [2.75, 3.05) is 5.32 Å². The monoisotopic (exact) mass is 217 g/mol. The van der Waals surface area contributed by atoms with Crippen LogP contribution in [0.2, 0.25) is 0 Å². The number of nitrogens with one attached hydrogen (secondary N) is 1. The van der Waals surface area contributed by atoms with E-state index in [0.717, 1.165) is 12.1 Å². The van der Waals surface area contributed by atoms with E-state index in [1.54, 1.807) is 6.07 Å². The second-order valence-corrected chi connectivity index (χ2v) is 4.45. The normalized spacial score (nSPS) is 12.7. The zero-order valence-corrected chi connectivity index (χ0v) is 8.94. The highest BCUT2D eigenvalue weighted by Crippen LogP contribution is 2.31. The lowest BCUT2D eigenvalue weighted by atomic mass is 10.1. The predicted octanol–water partition coefficient (Wildman–Crippen LogP) is 3.92. The number of alkyl halides is 3. The molecule has 0 saturated carbocycles. The molecule has 0 aliphatic rings. The minimum atomic E-state index is -4.28. The molecular weight excluding hydrogens is 203 g/mol. The second-order valence-electron chi connectivity index (χ2n) is 4.45. The van der Waals surface area contributed by atoms with Crippen molar-refractivity contribution in [3.05, 3.63) is 29.8 Å². The van der Waals surface area contributed by atoms with Crippen LogP contribution >= 0.6 is 0 Å². The molecule has 0 bridgehead atoms. The molecule has 1 aromatic rings. The fraction of sp³-hybridized carbons (Fsp3) is 0.455. The van der Waals surface area contributed by atoms with Gasteiger partial charge in [0, 0.05) is 11.2 Å². The topological polar surface area (TPSA) is 12.0 Å². The quantitative estimate of drug-likeness (QED) is 0.751. The summed E-state index contributed by atoms with van der Waals surface area (Å²) in [6, 6.07) is 5.20. The van der Waals surface area contributed by atoms with E-state index in [0.29, 0.717) is 5.69 Å². The highest BCUT2D eigenvalue weighted by molar-refractivity contribution is 5.48. The van der Waals surface area contributed by atoms with Crippen LogP contribution in [0.15, 0.2) is 24.3 Å². The Bertz CT molecular complexity index is 336. The van der Waals surface area contributed by atoms with Crippen molar-refractivity contribution in [3.63, 3.8) is 0 Å². The summed E-state index contributed by atoms with van der Waals surface area (Å²) in [6.45, 7) is 5.69. The summed E-state index contributed by atoms with van der Waals surface area (Å²) in [5, 5.41) is 2.99. The summed E-state index contributed by atoms with van der Waals surface area (Å²) >= 11 is 0. The Morgan fingerprint density at radius 3 is 2.13 bits per heavy atom. The summed E-state index contributed by atoms with van der Waals surface area (Å²) in [5.74, 6) is 0. The van der Waals surface area contributed by atoms with Crippen molar-refractivity contribution in [3.8, 4) is 0 Å². The van der Waals surface area contributed by atoms with E-state index in [9.17, 15) is 13.2 Å². The highest BCUT2D eigenvalue weighted by Gasteiger charge is 2.30. The Morgan fingerprint density at radius 1 is 1.07 bits per heavy atom. The number of hydrogen-bond donors (Lipinski definition) is 1. The van der Waals surface area contributed by atoms with Crippen LogP contribution in [0.4, 0.5) is 18.9 Å². The maximum absolute atomic E-state index is 12.4. The van der Waals surface area contributed by atoms with E-state index in [2.05, 4.69) is 5.32 Å². The first kappa shape index (κ1) is 11.9. The minimum Gasteiger partial charge on any atom is -0.380 e. The molecule has 15 heavy (non-hydrogen) atoms. The number of anilines is 1. The van der Waals surface area contributed by atoms with Crippen molar-refractivity contribution in [1.29, 1.82) is 0 Å². The number of rotatable bonds is 1. The average molecular weight is 217 g/mol. The van der Waals surface area contributed by atoms with Crippen LogP contribution in [-0.4, -0.2) is 5.54 Å². The Labute approximate surface area is 87.3 Å². The largest absolute Gasteiger partial charge is 0.416 e. The average Bonchev–Trinajstić information content (AvgIpc) is 1.99. The molecule has 0 amide bonds. The van der Waals surface area contributed by atoms with E-state index in [4.69, 9.17) is 0 Å². The minimum absolute atomic E-state index is 0.246. The van der Waals surface area contributed by atoms with Crippen LogP contribution in [0.25, 0.3) is 0 Å².